The van der Waals surface area contributed by atoms with Crippen molar-refractivity contribution in [1.29, 1.82) is 0 Å². The van der Waals surface area contributed by atoms with Crippen LogP contribution in [-0.4, -0.2) is 40.0 Å². The Morgan fingerprint density at radius 2 is 1.65 bits per heavy atom. The summed E-state index contributed by atoms with van der Waals surface area (Å²) in [5.74, 6) is 2.24. The first-order valence-corrected chi connectivity index (χ1v) is 11.9. The average molecular weight is 497 g/mol. The fourth-order valence-corrected chi connectivity index (χ4v) is 4.15. The lowest BCUT2D eigenvalue weighted by Crippen LogP contribution is -2.39. The topological polar surface area (TPSA) is 106 Å². The molecule has 0 saturated carbocycles. The maximum absolute atomic E-state index is 13.0. The second kappa shape index (κ2) is 10.9. The van der Waals surface area contributed by atoms with E-state index in [2.05, 4.69) is 20.7 Å². The Hall–Kier alpha value is -4.79. The van der Waals surface area contributed by atoms with Crippen molar-refractivity contribution in [1.82, 2.24) is 30.4 Å². The summed E-state index contributed by atoms with van der Waals surface area (Å²) in [6.45, 7) is 0.299. The number of aromatic amines is 1. The first-order chi connectivity index (χ1) is 18.1. The number of amides is 2. The van der Waals surface area contributed by atoms with Crippen molar-refractivity contribution in [2.45, 2.75) is 19.0 Å². The average Bonchev–Trinajstić information content (AvgIpc) is 3.59. The third-order valence-corrected chi connectivity index (χ3v) is 6.11. The van der Waals surface area contributed by atoms with E-state index in [0.717, 1.165) is 39.5 Å². The number of benzene rings is 3. The third-order valence-electron chi connectivity index (χ3n) is 6.11. The number of carbonyl (C=O) groups excluding carboxylic acids is 1. The Bertz CT molecular complexity index is 1440. The lowest BCUT2D eigenvalue weighted by Gasteiger charge is -2.18. The van der Waals surface area contributed by atoms with Crippen LogP contribution in [0.1, 0.15) is 23.1 Å². The summed E-state index contributed by atoms with van der Waals surface area (Å²) in [5.41, 5.74) is 4.54. The van der Waals surface area contributed by atoms with Crippen molar-refractivity contribution in [3.8, 4) is 17.2 Å². The molecular weight excluding hydrogens is 468 g/mol. The number of hydrogen-bond acceptors (Lipinski definition) is 5. The molecular formula is C28H28N6O3. The summed E-state index contributed by atoms with van der Waals surface area (Å²) in [4.78, 5) is 21.1. The quantitative estimate of drug-likeness (QED) is 0.278. The van der Waals surface area contributed by atoms with Gasteiger partial charge >= 0.3 is 6.03 Å². The Labute approximate surface area is 214 Å². The van der Waals surface area contributed by atoms with Crippen molar-refractivity contribution >= 4 is 17.1 Å². The van der Waals surface area contributed by atoms with E-state index in [4.69, 9.17) is 14.5 Å². The number of methoxy groups -OCH3 is 2. The summed E-state index contributed by atoms with van der Waals surface area (Å²) in [5, 5.41) is 10.4. The molecule has 5 rings (SSSR count). The van der Waals surface area contributed by atoms with Gasteiger partial charge in [-0.05, 0) is 66.6 Å². The van der Waals surface area contributed by atoms with Gasteiger partial charge in [0.25, 0.3) is 0 Å². The Morgan fingerprint density at radius 1 is 0.946 bits per heavy atom. The van der Waals surface area contributed by atoms with Gasteiger partial charge < -0.3 is 25.1 Å². The van der Waals surface area contributed by atoms with Gasteiger partial charge in [0.1, 0.15) is 17.3 Å². The molecule has 1 atom stereocenters. The zero-order valence-corrected chi connectivity index (χ0v) is 20.6. The van der Waals surface area contributed by atoms with Crippen LogP contribution in [0.3, 0.4) is 0 Å². The van der Waals surface area contributed by atoms with Gasteiger partial charge in [0.15, 0.2) is 0 Å². The van der Waals surface area contributed by atoms with Crippen LogP contribution in [0.4, 0.5) is 4.79 Å². The minimum Gasteiger partial charge on any atom is -0.497 e. The SMILES string of the molecule is COc1ccc(C[C@@H](NC(=O)NCc2ccnn2-c2ccc(OC)cc2)c2nc3ccccc3[nH]2)cc1. The number of rotatable bonds is 9. The number of nitrogens with zero attached hydrogens (tertiary/aromatic N) is 3. The molecule has 0 unspecified atom stereocenters. The molecule has 0 radical (unpaired) electrons. The van der Waals surface area contributed by atoms with Gasteiger partial charge in [0, 0.05) is 6.20 Å². The number of nitrogens with one attached hydrogen (secondary N) is 3. The molecule has 9 nitrogen and oxygen atoms in total. The Balaban J connectivity index is 1.31. The molecule has 2 heterocycles. The fourth-order valence-electron chi connectivity index (χ4n) is 4.15. The van der Waals surface area contributed by atoms with Crippen LogP contribution in [0.2, 0.25) is 0 Å². The second-order valence-electron chi connectivity index (χ2n) is 8.50. The highest BCUT2D eigenvalue weighted by atomic mass is 16.5. The summed E-state index contributed by atoms with van der Waals surface area (Å²) in [6, 6.07) is 24.4. The molecule has 0 saturated heterocycles. The van der Waals surface area contributed by atoms with Gasteiger partial charge in [-0.25, -0.2) is 14.5 Å². The second-order valence-corrected chi connectivity index (χ2v) is 8.50. The van der Waals surface area contributed by atoms with Crippen molar-refractivity contribution in [2.24, 2.45) is 0 Å². The van der Waals surface area contributed by atoms with Crippen molar-refractivity contribution in [3.05, 3.63) is 102 Å². The first-order valence-electron chi connectivity index (χ1n) is 11.9. The maximum atomic E-state index is 13.0. The van der Waals surface area contributed by atoms with Gasteiger partial charge in [0.05, 0.1) is 49.2 Å². The number of imidazole rings is 1. The number of para-hydroxylation sites is 2. The van der Waals surface area contributed by atoms with E-state index in [1.165, 1.54) is 0 Å². The Kier molecular flexibility index (Phi) is 7.02. The number of H-pyrrole nitrogens is 1. The summed E-state index contributed by atoms with van der Waals surface area (Å²) >= 11 is 0. The molecule has 188 valence electrons. The minimum absolute atomic E-state index is 0.299. The smallest absolute Gasteiger partial charge is 0.315 e. The van der Waals surface area contributed by atoms with E-state index >= 15 is 0 Å². The number of carbonyl (C=O) groups is 1. The summed E-state index contributed by atoms with van der Waals surface area (Å²) < 4.78 is 12.3. The predicted molar refractivity (Wildman–Crippen MR) is 141 cm³/mol. The number of fused-ring (bicyclic) bond motifs is 1. The van der Waals surface area contributed by atoms with Gasteiger partial charge in [0.2, 0.25) is 0 Å². The van der Waals surface area contributed by atoms with E-state index in [1.807, 2.05) is 78.9 Å². The van der Waals surface area contributed by atoms with Crippen LogP contribution in [0.5, 0.6) is 11.5 Å². The van der Waals surface area contributed by atoms with Crippen LogP contribution in [0.25, 0.3) is 16.7 Å². The molecule has 0 aliphatic rings. The normalized spacial score (nSPS) is 11.7. The summed E-state index contributed by atoms with van der Waals surface area (Å²) in [7, 11) is 3.27. The highest BCUT2D eigenvalue weighted by Crippen LogP contribution is 2.22. The van der Waals surface area contributed by atoms with Crippen molar-refractivity contribution in [2.75, 3.05) is 14.2 Å². The zero-order valence-electron chi connectivity index (χ0n) is 20.6. The van der Waals surface area contributed by atoms with Crippen LogP contribution in [0.15, 0.2) is 85.1 Å². The number of urea groups is 1. The van der Waals surface area contributed by atoms with Crippen LogP contribution < -0.4 is 20.1 Å². The Morgan fingerprint density at radius 3 is 2.35 bits per heavy atom. The number of hydrogen-bond donors (Lipinski definition) is 3. The van der Waals surface area contributed by atoms with Gasteiger partial charge in [-0.3, -0.25) is 0 Å². The molecule has 0 fully saturated rings. The zero-order chi connectivity index (χ0) is 25.6. The van der Waals surface area contributed by atoms with Gasteiger partial charge in [-0.15, -0.1) is 0 Å². The monoisotopic (exact) mass is 496 g/mol. The molecule has 3 N–H and O–H groups in total. The van der Waals surface area contributed by atoms with Gasteiger partial charge in [-0.1, -0.05) is 24.3 Å². The van der Waals surface area contributed by atoms with E-state index < -0.39 is 0 Å². The summed E-state index contributed by atoms with van der Waals surface area (Å²) in [6.07, 6.45) is 2.26. The minimum atomic E-state index is -0.368. The largest absolute Gasteiger partial charge is 0.497 e. The molecule has 2 amide bonds. The van der Waals surface area contributed by atoms with Crippen molar-refractivity contribution < 1.29 is 14.3 Å². The number of aromatic nitrogens is 4. The van der Waals surface area contributed by atoms with Crippen LogP contribution >= 0.6 is 0 Å². The fraction of sp³-hybridized carbons (Fsp3) is 0.179. The molecule has 37 heavy (non-hydrogen) atoms. The maximum Gasteiger partial charge on any atom is 0.315 e. The third kappa shape index (κ3) is 5.56. The van der Waals surface area contributed by atoms with Crippen LogP contribution in [0, 0.1) is 0 Å². The lowest BCUT2D eigenvalue weighted by atomic mass is 10.1. The van der Waals surface area contributed by atoms with E-state index in [-0.39, 0.29) is 12.1 Å². The van der Waals surface area contributed by atoms with Crippen molar-refractivity contribution in [3.63, 3.8) is 0 Å². The molecule has 0 aliphatic carbocycles. The van der Waals surface area contributed by atoms with Crippen LogP contribution in [-0.2, 0) is 13.0 Å². The molecule has 3 aromatic carbocycles. The first kappa shape index (κ1) is 23.9. The van der Waals surface area contributed by atoms with E-state index in [0.29, 0.717) is 18.8 Å². The number of ether oxygens (including phenoxy) is 2. The molecule has 0 aliphatic heterocycles. The molecule has 0 bridgehead atoms. The highest BCUT2D eigenvalue weighted by molar-refractivity contribution is 5.76. The molecule has 0 spiro atoms. The van der Waals surface area contributed by atoms with E-state index in [1.54, 1.807) is 25.1 Å². The standard InChI is InChI=1S/C28H28N6O3/c1-36-22-11-7-19(8-12-22)17-26(27-31-24-5-3-4-6-25(24)32-27)33-28(35)29-18-21-15-16-30-34(21)20-9-13-23(37-2)14-10-20/h3-16,26H,17-18H2,1-2H3,(H,31,32)(H2,29,33,35)/t26-/m1/s1. The molecule has 5 aromatic rings. The lowest BCUT2D eigenvalue weighted by molar-refractivity contribution is 0.236. The highest BCUT2D eigenvalue weighted by Gasteiger charge is 2.20. The van der Waals surface area contributed by atoms with Gasteiger partial charge in [-0.2, -0.15) is 5.10 Å². The molecule has 2 aromatic heterocycles. The predicted octanol–water partition coefficient (Wildman–Crippen LogP) is 4.55. The van der Waals surface area contributed by atoms with E-state index in [9.17, 15) is 4.79 Å². The molecule has 9 heteroatoms.